The topological polar surface area (TPSA) is 81.7 Å². The van der Waals surface area contributed by atoms with Crippen LogP contribution in [0.3, 0.4) is 0 Å². The fourth-order valence-corrected chi connectivity index (χ4v) is 1.90. The molecular weight excluding hydrogens is 228 g/mol. The molecule has 0 saturated heterocycles. The van der Waals surface area contributed by atoms with Gasteiger partial charge in [-0.1, -0.05) is 6.92 Å². The largest absolute Gasteiger partial charge is 0.368 e. The van der Waals surface area contributed by atoms with Gasteiger partial charge in [0.2, 0.25) is 5.95 Å². The summed E-state index contributed by atoms with van der Waals surface area (Å²) in [6, 6.07) is 1.87. The van der Waals surface area contributed by atoms with Crippen LogP contribution in [0, 0.1) is 6.92 Å². The van der Waals surface area contributed by atoms with Crippen molar-refractivity contribution >= 4 is 11.8 Å². The van der Waals surface area contributed by atoms with Crippen LogP contribution in [0.5, 0.6) is 0 Å². The van der Waals surface area contributed by atoms with E-state index >= 15 is 0 Å². The van der Waals surface area contributed by atoms with Gasteiger partial charge in [0.25, 0.3) is 0 Å². The Hall–Kier alpha value is -2.11. The van der Waals surface area contributed by atoms with E-state index in [1.165, 1.54) is 5.56 Å². The molecule has 0 aromatic carbocycles. The fraction of sp³-hybridized carbons (Fsp3) is 0.417. The van der Waals surface area contributed by atoms with Gasteiger partial charge in [0.05, 0.1) is 5.69 Å². The van der Waals surface area contributed by atoms with Gasteiger partial charge in [-0.05, 0) is 13.3 Å². The molecule has 2 aromatic rings. The van der Waals surface area contributed by atoms with E-state index in [4.69, 9.17) is 5.73 Å². The summed E-state index contributed by atoms with van der Waals surface area (Å²) in [5, 5.41) is 7.64. The molecular formula is C12H18N6. The second kappa shape index (κ2) is 5.03. The van der Waals surface area contributed by atoms with Gasteiger partial charge in [0, 0.05) is 37.1 Å². The van der Waals surface area contributed by atoms with Crippen molar-refractivity contribution in [3.05, 3.63) is 29.2 Å². The number of hydrogen-bond acceptors (Lipinski definition) is 5. The molecule has 0 amide bonds. The van der Waals surface area contributed by atoms with E-state index in [9.17, 15) is 0 Å². The van der Waals surface area contributed by atoms with Crippen molar-refractivity contribution in [3.63, 3.8) is 0 Å². The highest BCUT2D eigenvalue weighted by Gasteiger charge is 2.06. The molecule has 2 aromatic heterocycles. The molecule has 0 aliphatic rings. The van der Waals surface area contributed by atoms with Crippen molar-refractivity contribution in [2.45, 2.75) is 26.8 Å². The standard InChI is InChI=1S/C12H18N6/c1-4-10-9(7-18(3)17-10)6-14-11-5-8(2)15-12(13)16-11/h5,7H,4,6H2,1-3H3,(H3,13,14,15,16). The SMILES string of the molecule is CCc1nn(C)cc1CNc1cc(C)nc(N)n1. The molecule has 0 unspecified atom stereocenters. The monoisotopic (exact) mass is 246 g/mol. The van der Waals surface area contributed by atoms with E-state index in [0.29, 0.717) is 12.5 Å². The summed E-state index contributed by atoms with van der Waals surface area (Å²) < 4.78 is 1.83. The highest BCUT2D eigenvalue weighted by molar-refractivity contribution is 5.41. The quantitative estimate of drug-likeness (QED) is 0.849. The van der Waals surface area contributed by atoms with Gasteiger partial charge >= 0.3 is 0 Å². The maximum atomic E-state index is 5.61. The van der Waals surface area contributed by atoms with Crippen LogP contribution < -0.4 is 11.1 Å². The van der Waals surface area contributed by atoms with E-state index in [1.807, 2.05) is 30.9 Å². The molecule has 0 bridgehead atoms. The number of aromatic nitrogens is 4. The molecule has 0 saturated carbocycles. The summed E-state index contributed by atoms with van der Waals surface area (Å²) in [5.41, 5.74) is 8.74. The van der Waals surface area contributed by atoms with Crippen LogP contribution >= 0.6 is 0 Å². The maximum Gasteiger partial charge on any atom is 0.222 e. The van der Waals surface area contributed by atoms with Crippen molar-refractivity contribution in [3.8, 4) is 0 Å². The van der Waals surface area contributed by atoms with Crippen molar-refractivity contribution in [2.24, 2.45) is 7.05 Å². The van der Waals surface area contributed by atoms with Crippen LogP contribution in [0.4, 0.5) is 11.8 Å². The molecule has 2 rings (SSSR count). The van der Waals surface area contributed by atoms with E-state index < -0.39 is 0 Å². The Balaban J connectivity index is 2.11. The van der Waals surface area contributed by atoms with Crippen LogP contribution in [0.15, 0.2) is 12.3 Å². The second-order valence-electron chi connectivity index (χ2n) is 4.23. The van der Waals surface area contributed by atoms with Crippen LogP contribution in [0.25, 0.3) is 0 Å². The molecule has 0 fully saturated rings. The van der Waals surface area contributed by atoms with Gasteiger partial charge in [0.1, 0.15) is 5.82 Å². The van der Waals surface area contributed by atoms with E-state index in [1.54, 1.807) is 0 Å². The Kier molecular flexibility index (Phi) is 3.45. The van der Waals surface area contributed by atoms with Crippen molar-refractivity contribution < 1.29 is 0 Å². The minimum absolute atomic E-state index is 0.291. The summed E-state index contributed by atoms with van der Waals surface area (Å²) in [4.78, 5) is 8.18. The minimum Gasteiger partial charge on any atom is -0.368 e. The number of nitrogens with two attached hydrogens (primary N) is 1. The average Bonchev–Trinajstić information content (AvgIpc) is 2.66. The molecule has 3 N–H and O–H groups in total. The van der Waals surface area contributed by atoms with Crippen LogP contribution in [-0.4, -0.2) is 19.7 Å². The third-order valence-corrected chi connectivity index (χ3v) is 2.66. The Morgan fingerprint density at radius 1 is 1.39 bits per heavy atom. The number of hydrogen-bond donors (Lipinski definition) is 2. The van der Waals surface area contributed by atoms with Gasteiger partial charge < -0.3 is 11.1 Å². The molecule has 6 nitrogen and oxygen atoms in total. The lowest BCUT2D eigenvalue weighted by atomic mass is 10.2. The van der Waals surface area contributed by atoms with Crippen molar-refractivity contribution in [1.29, 1.82) is 0 Å². The molecule has 18 heavy (non-hydrogen) atoms. The molecule has 0 aliphatic heterocycles. The molecule has 0 spiro atoms. The van der Waals surface area contributed by atoms with Gasteiger partial charge in [-0.3, -0.25) is 4.68 Å². The zero-order valence-corrected chi connectivity index (χ0v) is 10.9. The fourth-order valence-electron chi connectivity index (χ4n) is 1.90. The Bertz CT molecular complexity index is 525. The van der Waals surface area contributed by atoms with Crippen molar-refractivity contribution in [1.82, 2.24) is 19.7 Å². The Labute approximate surface area is 106 Å². The molecule has 96 valence electrons. The lowest BCUT2D eigenvalue weighted by Gasteiger charge is -2.06. The zero-order valence-electron chi connectivity index (χ0n) is 10.9. The van der Waals surface area contributed by atoms with Gasteiger partial charge in [0.15, 0.2) is 0 Å². The Morgan fingerprint density at radius 3 is 2.83 bits per heavy atom. The maximum absolute atomic E-state index is 5.61. The third-order valence-electron chi connectivity index (χ3n) is 2.66. The first-order valence-electron chi connectivity index (χ1n) is 5.95. The predicted molar refractivity (Wildman–Crippen MR) is 71.1 cm³/mol. The van der Waals surface area contributed by atoms with Gasteiger partial charge in [-0.15, -0.1) is 0 Å². The smallest absolute Gasteiger partial charge is 0.222 e. The molecule has 0 atom stereocenters. The first-order chi connectivity index (χ1) is 8.58. The third kappa shape index (κ3) is 2.77. The number of anilines is 2. The zero-order chi connectivity index (χ0) is 13.1. The molecule has 2 heterocycles. The number of nitrogens with zero attached hydrogens (tertiary/aromatic N) is 4. The lowest BCUT2D eigenvalue weighted by molar-refractivity contribution is 0.746. The molecule has 0 radical (unpaired) electrons. The summed E-state index contributed by atoms with van der Waals surface area (Å²) in [6.45, 7) is 4.68. The predicted octanol–water partition coefficient (Wildman–Crippen LogP) is 1.28. The van der Waals surface area contributed by atoms with E-state index in [-0.39, 0.29) is 0 Å². The number of aryl methyl sites for hydroxylation is 3. The second-order valence-corrected chi connectivity index (χ2v) is 4.23. The highest BCUT2D eigenvalue weighted by Crippen LogP contribution is 2.12. The van der Waals surface area contributed by atoms with Crippen LogP contribution in [-0.2, 0) is 20.0 Å². The summed E-state index contributed by atoms with van der Waals surface area (Å²) >= 11 is 0. The van der Waals surface area contributed by atoms with Gasteiger partial charge in [-0.2, -0.15) is 10.1 Å². The van der Waals surface area contributed by atoms with Crippen molar-refractivity contribution in [2.75, 3.05) is 11.1 Å². The lowest BCUT2D eigenvalue weighted by Crippen LogP contribution is -2.06. The Morgan fingerprint density at radius 2 is 2.17 bits per heavy atom. The normalized spacial score (nSPS) is 10.6. The molecule has 6 heteroatoms. The summed E-state index contributed by atoms with van der Waals surface area (Å²) in [5.74, 6) is 1.03. The summed E-state index contributed by atoms with van der Waals surface area (Å²) in [6.07, 6.45) is 2.94. The van der Waals surface area contributed by atoms with Crippen LogP contribution in [0.2, 0.25) is 0 Å². The molecule has 0 aliphatic carbocycles. The highest BCUT2D eigenvalue weighted by atomic mass is 15.3. The van der Waals surface area contributed by atoms with Gasteiger partial charge in [-0.25, -0.2) is 4.98 Å². The first-order valence-corrected chi connectivity index (χ1v) is 5.95. The minimum atomic E-state index is 0.291. The van der Waals surface area contributed by atoms with E-state index in [0.717, 1.165) is 23.6 Å². The number of rotatable bonds is 4. The number of nitrogen functional groups attached to an aromatic ring is 1. The number of nitrogens with one attached hydrogen (secondary N) is 1. The summed E-state index contributed by atoms with van der Waals surface area (Å²) in [7, 11) is 1.93. The first kappa shape index (κ1) is 12.3. The van der Waals surface area contributed by atoms with Crippen LogP contribution in [0.1, 0.15) is 23.9 Å². The average molecular weight is 246 g/mol. The van der Waals surface area contributed by atoms with E-state index in [2.05, 4.69) is 27.3 Å².